The van der Waals surface area contributed by atoms with Crippen molar-refractivity contribution in [1.82, 2.24) is 4.72 Å². The molecule has 0 aliphatic carbocycles. The molecular weight excluding hydrogens is 360 g/mol. The zero-order valence-electron chi connectivity index (χ0n) is 14.6. The zero-order chi connectivity index (χ0) is 18.8. The van der Waals surface area contributed by atoms with E-state index in [1.807, 2.05) is 19.9 Å². The van der Waals surface area contributed by atoms with Crippen molar-refractivity contribution in [2.45, 2.75) is 38.6 Å². The van der Waals surface area contributed by atoms with E-state index in [0.717, 1.165) is 11.1 Å². The number of benzene rings is 2. The number of hydrogen-bond acceptors (Lipinski definition) is 3. The summed E-state index contributed by atoms with van der Waals surface area (Å²) in [6.07, 6.45) is 0. The number of amides is 1. The second-order valence-corrected chi connectivity index (χ2v) is 8.31. The van der Waals surface area contributed by atoms with Gasteiger partial charge in [-0.3, -0.25) is 4.79 Å². The van der Waals surface area contributed by atoms with Crippen molar-refractivity contribution in [3.05, 3.63) is 58.1 Å². The molecule has 25 heavy (non-hydrogen) atoms. The highest BCUT2D eigenvalue weighted by Gasteiger charge is 2.17. The highest BCUT2D eigenvalue weighted by atomic mass is 35.5. The minimum Gasteiger partial charge on any atom is -0.320 e. The average Bonchev–Trinajstić information content (AvgIpc) is 2.49. The molecule has 0 bridgehead atoms. The van der Waals surface area contributed by atoms with Gasteiger partial charge in [0.15, 0.2) is 0 Å². The van der Waals surface area contributed by atoms with Crippen LogP contribution in [0.1, 0.15) is 35.3 Å². The molecule has 7 heteroatoms. The maximum absolute atomic E-state index is 12.4. The van der Waals surface area contributed by atoms with Gasteiger partial charge in [-0.15, -0.1) is 0 Å². The Balaban J connectivity index is 2.22. The molecule has 2 aromatic carbocycles. The van der Waals surface area contributed by atoms with Crippen LogP contribution in [0.2, 0.25) is 5.02 Å². The van der Waals surface area contributed by atoms with Crippen molar-refractivity contribution >= 4 is 33.2 Å². The number of anilines is 1. The number of aryl methyl sites for hydroxylation is 2. The van der Waals surface area contributed by atoms with Crippen LogP contribution in [0.25, 0.3) is 0 Å². The van der Waals surface area contributed by atoms with E-state index in [1.54, 1.807) is 19.9 Å². The molecule has 2 N–H and O–H groups in total. The molecule has 0 atom stereocenters. The predicted octanol–water partition coefficient (Wildman–Crippen LogP) is 3.90. The lowest BCUT2D eigenvalue weighted by molar-refractivity contribution is 0.102. The third kappa shape index (κ3) is 4.81. The number of halogens is 1. The van der Waals surface area contributed by atoms with Crippen LogP contribution in [0, 0.1) is 13.8 Å². The third-order valence-electron chi connectivity index (χ3n) is 3.49. The molecule has 0 aromatic heterocycles. The highest BCUT2D eigenvalue weighted by Crippen LogP contribution is 2.27. The number of carbonyl (C=O) groups is 1. The molecule has 0 unspecified atom stereocenters. The molecule has 5 nitrogen and oxygen atoms in total. The monoisotopic (exact) mass is 380 g/mol. The van der Waals surface area contributed by atoms with Gasteiger partial charge in [-0.1, -0.05) is 17.7 Å². The van der Waals surface area contributed by atoms with Crippen LogP contribution in [0.3, 0.4) is 0 Å². The molecule has 0 spiro atoms. The number of sulfonamides is 1. The zero-order valence-corrected chi connectivity index (χ0v) is 16.1. The van der Waals surface area contributed by atoms with E-state index in [2.05, 4.69) is 10.0 Å². The minimum atomic E-state index is -3.58. The van der Waals surface area contributed by atoms with Gasteiger partial charge >= 0.3 is 0 Å². The fraction of sp³-hybridized carbons (Fsp3) is 0.278. The molecule has 2 aromatic rings. The fourth-order valence-electron chi connectivity index (χ4n) is 2.42. The van der Waals surface area contributed by atoms with Gasteiger partial charge in [-0.05, 0) is 69.2 Å². The first-order valence-corrected chi connectivity index (χ1v) is 9.67. The molecule has 0 radical (unpaired) electrons. The lowest BCUT2D eigenvalue weighted by atomic mass is 10.1. The summed E-state index contributed by atoms with van der Waals surface area (Å²) in [7, 11) is -3.58. The van der Waals surface area contributed by atoms with Crippen LogP contribution in [-0.2, 0) is 10.0 Å². The first-order chi connectivity index (χ1) is 11.6. The Kier molecular flexibility index (Phi) is 5.87. The molecule has 0 aliphatic rings. The van der Waals surface area contributed by atoms with Gasteiger partial charge < -0.3 is 5.32 Å². The van der Waals surface area contributed by atoms with E-state index in [9.17, 15) is 13.2 Å². The molecule has 134 valence electrons. The second kappa shape index (κ2) is 7.56. The summed E-state index contributed by atoms with van der Waals surface area (Å²) in [5, 5.41) is 3.24. The summed E-state index contributed by atoms with van der Waals surface area (Å²) in [6, 6.07) is 9.25. The van der Waals surface area contributed by atoms with Crippen molar-refractivity contribution in [1.29, 1.82) is 0 Å². The summed E-state index contributed by atoms with van der Waals surface area (Å²) in [5.74, 6) is -0.352. The van der Waals surface area contributed by atoms with Crippen LogP contribution in [0.5, 0.6) is 0 Å². The van der Waals surface area contributed by atoms with Crippen LogP contribution in [0.4, 0.5) is 5.69 Å². The van der Waals surface area contributed by atoms with Crippen molar-refractivity contribution in [3.8, 4) is 0 Å². The molecule has 0 saturated carbocycles. The van der Waals surface area contributed by atoms with Crippen molar-refractivity contribution in [3.63, 3.8) is 0 Å². The van der Waals surface area contributed by atoms with E-state index >= 15 is 0 Å². The second-order valence-electron chi connectivity index (χ2n) is 6.19. The van der Waals surface area contributed by atoms with Crippen LogP contribution >= 0.6 is 11.6 Å². The minimum absolute atomic E-state index is 0.113. The van der Waals surface area contributed by atoms with Gasteiger partial charge in [0.2, 0.25) is 10.0 Å². The lowest BCUT2D eigenvalue weighted by Crippen LogP contribution is -2.30. The summed E-state index contributed by atoms with van der Waals surface area (Å²) in [6.45, 7) is 7.27. The van der Waals surface area contributed by atoms with Crippen molar-refractivity contribution < 1.29 is 13.2 Å². The number of carbonyl (C=O) groups excluding carboxylic acids is 1. The topological polar surface area (TPSA) is 75.3 Å². The molecule has 0 saturated heterocycles. The smallest absolute Gasteiger partial charge is 0.255 e. The molecule has 0 heterocycles. The van der Waals surface area contributed by atoms with E-state index < -0.39 is 10.0 Å². The Bertz CT molecular complexity index is 868. The van der Waals surface area contributed by atoms with Crippen molar-refractivity contribution in [2.24, 2.45) is 0 Å². The molecule has 2 rings (SSSR count). The van der Waals surface area contributed by atoms with Gasteiger partial charge in [0.1, 0.15) is 0 Å². The molecule has 1 amide bonds. The number of hydrogen-bond donors (Lipinski definition) is 2. The molecular formula is C18H21ClN2O3S. The van der Waals surface area contributed by atoms with Crippen LogP contribution in [-0.4, -0.2) is 20.4 Å². The average molecular weight is 381 g/mol. The van der Waals surface area contributed by atoms with Gasteiger partial charge in [-0.2, -0.15) is 0 Å². The van der Waals surface area contributed by atoms with Crippen LogP contribution in [0.15, 0.2) is 41.3 Å². The first kappa shape index (κ1) is 19.4. The number of nitrogens with one attached hydrogen (secondary N) is 2. The third-order valence-corrected chi connectivity index (χ3v) is 5.46. The van der Waals surface area contributed by atoms with Gasteiger partial charge in [0.05, 0.1) is 15.6 Å². The summed E-state index contributed by atoms with van der Waals surface area (Å²) in [4.78, 5) is 12.5. The Morgan fingerprint density at radius 2 is 1.68 bits per heavy atom. The predicted molar refractivity (Wildman–Crippen MR) is 101 cm³/mol. The standard InChI is InChI=1S/C18H21ClN2O3S/c1-11(2)21-25(23,24)15-7-5-14(6-8-15)18(22)20-17-13(4)9-12(3)10-16(17)19/h5-11,21H,1-4H3,(H,20,22). The highest BCUT2D eigenvalue weighted by molar-refractivity contribution is 7.89. The quantitative estimate of drug-likeness (QED) is 0.826. The van der Waals surface area contributed by atoms with Crippen molar-refractivity contribution in [2.75, 3.05) is 5.32 Å². The van der Waals surface area contributed by atoms with E-state index in [4.69, 9.17) is 11.6 Å². The normalized spacial score (nSPS) is 11.6. The van der Waals surface area contributed by atoms with E-state index in [1.165, 1.54) is 24.3 Å². The Labute approximate surface area is 153 Å². The molecule has 0 fully saturated rings. The first-order valence-electron chi connectivity index (χ1n) is 7.80. The fourth-order valence-corrected chi connectivity index (χ4v) is 4.04. The van der Waals surface area contributed by atoms with Gasteiger partial charge in [0.25, 0.3) is 5.91 Å². The Hall–Kier alpha value is -1.89. The summed E-state index contributed by atoms with van der Waals surface area (Å²) in [5.41, 5.74) is 2.77. The van der Waals surface area contributed by atoms with Gasteiger partial charge in [0, 0.05) is 11.6 Å². The maximum atomic E-state index is 12.4. The largest absolute Gasteiger partial charge is 0.320 e. The van der Waals surface area contributed by atoms with Crippen LogP contribution < -0.4 is 10.0 Å². The Morgan fingerprint density at radius 3 is 2.20 bits per heavy atom. The SMILES string of the molecule is Cc1cc(C)c(NC(=O)c2ccc(S(=O)(=O)NC(C)C)cc2)c(Cl)c1. The Morgan fingerprint density at radius 1 is 1.08 bits per heavy atom. The summed E-state index contributed by atoms with van der Waals surface area (Å²) >= 11 is 6.20. The van der Waals surface area contributed by atoms with Gasteiger partial charge in [-0.25, -0.2) is 13.1 Å². The van der Waals surface area contributed by atoms with E-state index in [-0.39, 0.29) is 16.8 Å². The van der Waals surface area contributed by atoms with E-state index in [0.29, 0.717) is 16.3 Å². The maximum Gasteiger partial charge on any atom is 0.255 e. The number of rotatable bonds is 5. The molecule has 0 aliphatic heterocycles. The lowest BCUT2D eigenvalue weighted by Gasteiger charge is -2.12. The summed E-state index contributed by atoms with van der Waals surface area (Å²) < 4.78 is 26.7.